The molecule has 3 aliphatic carbocycles. The molecular formula is C31H40BClO6. The molecule has 1 aliphatic heterocycles. The van der Waals surface area contributed by atoms with E-state index in [0.717, 1.165) is 17.5 Å². The summed E-state index contributed by atoms with van der Waals surface area (Å²) in [6.07, 6.45) is 2.62. The summed E-state index contributed by atoms with van der Waals surface area (Å²) in [6, 6.07) is 13.5. The number of methoxy groups -OCH3 is 1. The topological polar surface area (TPSA) is 63.2 Å². The fourth-order valence-electron chi connectivity index (χ4n) is 6.74. The lowest BCUT2D eigenvalue weighted by Gasteiger charge is -2.64. The van der Waals surface area contributed by atoms with Crippen molar-refractivity contribution >= 4 is 24.7 Å². The van der Waals surface area contributed by atoms with Gasteiger partial charge in [0.05, 0.1) is 24.1 Å². The Labute approximate surface area is 237 Å². The van der Waals surface area contributed by atoms with Crippen LogP contribution in [0.5, 0.6) is 11.5 Å². The molecule has 1 unspecified atom stereocenters. The first-order chi connectivity index (χ1) is 18.3. The van der Waals surface area contributed by atoms with Gasteiger partial charge in [-0.15, -0.1) is 11.6 Å². The van der Waals surface area contributed by atoms with Gasteiger partial charge in [-0.2, -0.15) is 0 Å². The number of carbonyl (C=O) groups is 1. The van der Waals surface area contributed by atoms with Crippen LogP contribution in [0.4, 0.5) is 0 Å². The predicted molar refractivity (Wildman–Crippen MR) is 152 cm³/mol. The fourth-order valence-corrected chi connectivity index (χ4v) is 7.02. The van der Waals surface area contributed by atoms with Gasteiger partial charge in [0.2, 0.25) is 0 Å². The molecule has 8 heteroatoms. The maximum Gasteiger partial charge on any atom is 0.477 e. The highest BCUT2D eigenvalue weighted by Gasteiger charge is 2.68. The number of halogens is 1. The Kier molecular flexibility index (Phi) is 7.49. The average Bonchev–Trinajstić information content (AvgIpc) is 3.24. The molecule has 6 rings (SSSR count). The molecule has 0 radical (unpaired) electrons. The normalized spacial score (nSPS) is 27.8. The van der Waals surface area contributed by atoms with Crippen LogP contribution in [0.2, 0.25) is 0 Å². The highest BCUT2D eigenvalue weighted by atomic mass is 35.5. The summed E-state index contributed by atoms with van der Waals surface area (Å²) >= 11 is 6.98. The number of esters is 1. The second kappa shape index (κ2) is 10.3. The summed E-state index contributed by atoms with van der Waals surface area (Å²) in [7, 11) is 1.00. The molecule has 4 aliphatic rings. The molecule has 0 N–H and O–H groups in total. The second-order valence-electron chi connectivity index (χ2n) is 13.0. The summed E-state index contributed by atoms with van der Waals surface area (Å²) in [5, 5.41) is -0.468. The number of alkyl halides is 1. The van der Waals surface area contributed by atoms with Gasteiger partial charge in [0.1, 0.15) is 29.3 Å². The molecule has 0 spiro atoms. The van der Waals surface area contributed by atoms with Gasteiger partial charge in [-0.1, -0.05) is 50.2 Å². The Morgan fingerprint density at radius 3 is 2.49 bits per heavy atom. The summed E-state index contributed by atoms with van der Waals surface area (Å²) in [4.78, 5) is 13.4. The Morgan fingerprint density at radius 1 is 1.13 bits per heavy atom. The zero-order valence-corrected chi connectivity index (χ0v) is 24.8. The van der Waals surface area contributed by atoms with Gasteiger partial charge in [0, 0.05) is 0 Å². The van der Waals surface area contributed by atoms with Crippen molar-refractivity contribution < 1.29 is 28.3 Å². The lowest BCUT2D eigenvalue weighted by atomic mass is 9.43. The van der Waals surface area contributed by atoms with E-state index in [-0.39, 0.29) is 22.7 Å². The third kappa shape index (κ3) is 5.30. The first-order valence-corrected chi connectivity index (χ1v) is 14.3. The SMILES string of the molecule is COc1c(CC(Cl)B2O[C@@H]3C[C@@H]4C[C@@H](C4(C)C)[C@]3(C)O2)ccc(OCc2ccccc2)c1C(=O)OC(C)(C)C. The van der Waals surface area contributed by atoms with Gasteiger partial charge in [-0.3, -0.25) is 0 Å². The van der Waals surface area contributed by atoms with Crippen LogP contribution in [0, 0.1) is 17.3 Å². The van der Waals surface area contributed by atoms with Crippen molar-refractivity contribution in [1.82, 2.24) is 0 Å². The number of hydrogen-bond acceptors (Lipinski definition) is 6. The highest BCUT2D eigenvalue weighted by molar-refractivity contribution is 6.60. The Morgan fingerprint density at radius 2 is 1.85 bits per heavy atom. The number of carbonyl (C=O) groups excluding carboxylic acids is 1. The van der Waals surface area contributed by atoms with Crippen molar-refractivity contribution in [3.8, 4) is 11.5 Å². The Hall–Kier alpha value is -2.22. The third-order valence-corrected chi connectivity index (χ3v) is 9.28. The first-order valence-electron chi connectivity index (χ1n) is 13.9. The number of benzene rings is 2. The molecule has 5 atom stereocenters. The van der Waals surface area contributed by atoms with E-state index in [9.17, 15) is 4.79 Å². The number of hydrogen-bond donors (Lipinski definition) is 0. The molecular weight excluding hydrogens is 515 g/mol. The molecule has 2 aromatic carbocycles. The number of ether oxygens (including phenoxy) is 3. The Bertz CT molecular complexity index is 1210. The predicted octanol–water partition coefficient (Wildman–Crippen LogP) is 6.65. The minimum absolute atomic E-state index is 0.0495. The molecule has 1 heterocycles. The molecule has 6 nitrogen and oxygen atoms in total. The molecule has 210 valence electrons. The van der Waals surface area contributed by atoms with Crippen LogP contribution in [0.15, 0.2) is 42.5 Å². The van der Waals surface area contributed by atoms with Crippen LogP contribution in [0.1, 0.15) is 75.9 Å². The van der Waals surface area contributed by atoms with Crippen molar-refractivity contribution in [3.63, 3.8) is 0 Å². The zero-order chi connectivity index (χ0) is 28.2. The zero-order valence-electron chi connectivity index (χ0n) is 24.1. The molecule has 2 aromatic rings. The monoisotopic (exact) mass is 554 g/mol. The van der Waals surface area contributed by atoms with Crippen molar-refractivity contribution in [2.24, 2.45) is 17.3 Å². The van der Waals surface area contributed by atoms with Crippen LogP contribution in [0.3, 0.4) is 0 Å². The smallest absolute Gasteiger partial charge is 0.477 e. The van der Waals surface area contributed by atoms with Gasteiger partial charge in [-0.05, 0) is 81.4 Å². The average molecular weight is 555 g/mol. The van der Waals surface area contributed by atoms with E-state index >= 15 is 0 Å². The van der Waals surface area contributed by atoms with Crippen molar-refractivity contribution in [2.75, 3.05) is 7.11 Å². The largest absolute Gasteiger partial charge is 0.495 e. The van der Waals surface area contributed by atoms with Crippen LogP contribution in [0.25, 0.3) is 0 Å². The van der Waals surface area contributed by atoms with Crippen molar-refractivity contribution in [1.29, 1.82) is 0 Å². The van der Waals surface area contributed by atoms with Crippen LogP contribution >= 0.6 is 11.6 Å². The highest BCUT2D eigenvalue weighted by Crippen LogP contribution is 2.65. The van der Waals surface area contributed by atoms with Gasteiger partial charge in [0.15, 0.2) is 0 Å². The second-order valence-corrected chi connectivity index (χ2v) is 13.5. The van der Waals surface area contributed by atoms with Crippen LogP contribution in [-0.2, 0) is 27.1 Å². The first kappa shape index (κ1) is 28.3. The standard InChI is InChI=1S/C31H40BClO6/c1-29(2,3)37-28(34)26-22(36-18-19-11-9-8-10-12-19)14-13-20(27(26)35-7)15-25(33)32-38-24-17-21-16-23(30(21,4)5)31(24,6)39-32/h8-14,21,23-25H,15-18H2,1-7H3/t21-,23-,24+,25?,31-/m0/s1. The van der Waals surface area contributed by atoms with Gasteiger partial charge >= 0.3 is 13.1 Å². The maximum absolute atomic E-state index is 13.4. The van der Waals surface area contributed by atoms with Crippen LogP contribution in [-0.4, -0.2) is 42.8 Å². The maximum atomic E-state index is 13.4. The van der Waals surface area contributed by atoms with E-state index in [0.29, 0.717) is 36.4 Å². The molecule has 3 saturated carbocycles. The van der Waals surface area contributed by atoms with E-state index in [4.69, 9.17) is 35.1 Å². The molecule has 1 saturated heterocycles. The minimum Gasteiger partial charge on any atom is -0.495 e. The lowest BCUT2D eigenvalue weighted by Crippen LogP contribution is -2.65. The van der Waals surface area contributed by atoms with Crippen molar-refractivity contribution in [2.45, 2.75) is 90.0 Å². The van der Waals surface area contributed by atoms with Gasteiger partial charge in [-0.25, -0.2) is 4.79 Å². The Balaban J connectivity index is 1.39. The number of rotatable bonds is 8. The molecule has 2 bridgehead atoms. The van der Waals surface area contributed by atoms with Crippen LogP contribution < -0.4 is 9.47 Å². The summed E-state index contributed by atoms with van der Waals surface area (Å²) in [5.74, 6) is 1.40. The molecule has 0 aromatic heterocycles. The van der Waals surface area contributed by atoms with E-state index in [1.165, 1.54) is 6.42 Å². The fraction of sp³-hybridized carbons (Fsp3) is 0.581. The molecule has 4 fully saturated rings. The molecule has 39 heavy (non-hydrogen) atoms. The van der Waals surface area contributed by atoms with E-state index in [1.807, 2.05) is 57.2 Å². The van der Waals surface area contributed by atoms with Crippen molar-refractivity contribution in [3.05, 3.63) is 59.2 Å². The van der Waals surface area contributed by atoms with E-state index in [2.05, 4.69) is 20.8 Å². The van der Waals surface area contributed by atoms with E-state index in [1.54, 1.807) is 13.2 Å². The quantitative estimate of drug-likeness (QED) is 0.207. The lowest BCUT2D eigenvalue weighted by molar-refractivity contribution is -0.199. The van der Waals surface area contributed by atoms with Gasteiger partial charge in [0.25, 0.3) is 0 Å². The van der Waals surface area contributed by atoms with Gasteiger partial charge < -0.3 is 23.5 Å². The minimum atomic E-state index is -0.685. The summed E-state index contributed by atoms with van der Waals surface area (Å²) < 4.78 is 30.7. The van der Waals surface area contributed by atoms with E-state index < -0.39 is 24.0 Å². The summed E-state index contributed by atoms with van der Waals surface area (Å²) in [5.41, 5.74) is 1.24. The molecule has 0 amide bonds. The third-order valence-electron chi connectivity index (χ3n) is 8.92. The summed E-state index contributed by atoms with van der Waals surface area (Å²) in [6.45, 7) is 12.7.